The van der Waals surface area contributed by atoms with Gasteiger partial charge in [-0.2, -0.15) is 0 Å². The van der Waals surface area contributed by atoms with Crippen molar-refractivity contribution in [2.24, 2.45) is 0 Å². The Hall–Kier alpha value is -1.14. The quantitative estimate of drug-likeness (QED) is 0.736. The summed E-state index contributed by atoms with van der Waals surface area (Å²) >= 11 is 6.94. The number of likely N-dealkylation sites (N-methyl/N-ethyl adjacent to an activating group) is 1. The number of amides is 3. The van der Waals surface area contributed by atoms with E-state index in [2.05, 4.69) is 4.98 Å². The van der Waals surface area contributed by atoms with Gasteiger partial charge in [-0.1, -0.05) is 11.6 Å². The number of thiazole rings is 1. The van der Waals surface area contributed by atoms with Gasteiger partial charge in [-0.25, -0.2) is 9.78 Å². The summed E-state index contributed by atoms with van der Waals surface area (Å²) in [6.45, 7) is 0.335. The van der Waals surface area contributed by atoms with Crippen molar-refractivity contribution in [1.82, 2.24) is 14.8 Å². The van der Waals surface area contributed by atoms with Crippen LogP contribution in [0.2, 0.25) is 4.47 Å². The third-order valence-corrected chi connectivity index (χ3v) is 3.10. The second-order valence-corrected chi connectivity index (χ2v) is 4.65. The average Bonchev–Trinajstić information content (AvgIpc) is 2.67. The molecule has 1 aliphatic heterocycles. The zero-order valence-corrected chi connectivity index (χ0v) is 9.51. The van der Waals surface area contributed by atoms with Crippen molar-refractivity contribution in [3.8, 4) is 0 Å². The maximum Gasteiger partial charge on any atom is 0.327 e. The number of aromatic nitrogens is 1. The van der Waals surface area contributed by atoms with Crippen LogP contribution in [0.1, 0.15) is 5.69 Å². The van der Waals surface area contributed by atoms with Crippen molar-refractivity contribution in [1.29, 1.82) is 0 Å². The number of imide groups is 1. The molecule has 2 rings (SSSR count). The van der Waals surface area contributed by atoms with Gasteiger partial charge in [0.15, 0.2) is 4.47 Å². The van der Waals surface area contributed by atoms with Crippen molar-refractivity contribution < 1.29 is 9.59 Å². The first-order chi connectivity index (χ1) is 7.08. The maximum atomic E-state index is 11.5. The van der Waals surface area contributed by atoms with Crippen LogP contribution in [0.25, 0.3) is 0 Å². The molecule has 0 saturated carbocycles. The van der Waals surface area contributed by atoms with Crippen LogP contribution in [0.4, 0.5) is 4.79 Å². The van der Waals surface area contributed by atoms with E-state index in [9.17, 15) is 9.59 Å². The number of rotatable bonds is 2. The summed E-state index contributed by atoms with van der Waals surface area (Å²) in [6.07, 6.45) is 0. The van der Waals surface area contributed by atoms with E-state index in [-0.39, 0.29) is 25.0 Å². The van der Waals surface area contributed by atoms with Crippen LogP contribution >= 0.6 is 22.9 Å². The second kappa shape index (κ2) is 3.79. The van der Waals surface area contributed by atoms with Crippen LogP contribution in [-0.4, -0.2) is 40.3 Å². The van der Waals surface area contributed by atoms with Gasteiger partial charge in [0.05, 0.1) is 12.2 Å². The highest BCUT2D eigenvalue weighted by molar-refractivity contribution is 7.13. The Morgan fingerprint density at radius 3 is 2.80 bits per heavy atom. The summed E-state index contributed by atoms with van der Waals surface area (Å²) in [5, 5.41) is 1.74. The summed E-state index contributed by atoms with van der Waals surface area (Å²) in [4.78, 5) is 29.4. The monoisotopic (exact) mass is 245 g/mol. The first-order valence-corrected chi connectivity index (χ1v) is 5.49. The van der Waals surface area contributed by atoms with E-state index < -0.39 is 0 Å². The maximum absolute atomic E-state index is 11.5. The molecule has 0 radical (unpaired) electrons. The molecule has 0 N–H and O–H groups in total. The normalized spacial score (nSPS) is 16.7. The van der Waals surface area contributed by atoms with Crippen LogP contribution < -0.4 is 0 Å². The molecule has 0 bridgehead atoms. The molecule has 0 atom stereocenters. The third-order valence-electron chi connectivity index (χ3n) is 2.07. The van der Waals surface area contributed by atoms with Gasteiger partial charge in [-0.05, 0) is 0 Å². The second-order valence-electron chi connectivity index (χ2n) is 3.21. The lowest BCUT2D eigenvalue weighted by Gasteiger charge is -2.11. The summed E-state index contributed by atoms with van der Waals surface area (Å²) in [7, 11) is 1.59. The molecule has 1 aliphatic rings. The van der Waals surface area contributed by atoms with E-state index in [4.69, 9.17) is 11.6 Å². The molecule has 0 unspecified atom stereocenters. The summed E-state index contributed by atoms with van der Waals surface area (Å²) in [5.41, 5.74) is 0.641. The topological polar surface area (TPSA) is 53.5 Å². The van der Waals surface area contributed by atoms with Crippen LogP contribution in [0.15, 0.2) is 5.38 Å². The van der Waals surface area contributed by atoms with Gasteiger partial charge in [0, 0.05) is 12.4 Å². The molecule has 3 amide bonds. The Morgan fingerprint density at radius 1 is 1.60 bits per heavy atom. The Bertz CT molecular complexity index is 420. The van der Waals surface area contributed by atoms with Crippen molar-refractivity contribution in [3.05, 3.63) is 15.5 Å². The van der Waals surface area contributed by atoms with Gasteiger partial charge in [0.2, 0.25) is 0 Å². The first-order valence-electron chi connectivity index (χ1n) is 4.23. The van der Waals surface area contributed by atoms with Crippen LogP contribution in [0.5, 0.6) is 0 Å². The van der Waals surface area contributed by atoms with Gasteiger partial charge in [0.25, 0.3) is 5.91 Å². The standard InChI is InChI=1S/C8H8ClN3O2S/c1-11-3-6(13)12(8(11)14)2-5-4-15-7(9)10-5/h4H,2-3H2,1H3. The molecule has 1 saturated heterocycles. The van der Waals surface area contributed by atoms with E-state index in [1.165, 1.54) is 21.1 Å². The third kappa shape index (κ3) is 1.95. The molecule has 2 heterocycles. The van der Waals surface area contributed by atoms with Crippen molar-refractivity contribution >= 4 is 34.9 Å². The zero-order chi connectivity index (χ0) is 11.0. The summed E-state index contributed by atoms with van der Waals surface area (Å²) in [6, 6.07) is -0.288. The SMILES string of the molecule is CN1CC(=O)N(Cc2csc(Cl)n2)C1=O. The number of carbonyl (C=O) groups is 2. The molecule has 1 aromatic rings. The predicted molar refractivity (Wildman–Crippen MR) is 55.7 cm³/mol. The Balaban J connectivity index is 2.12. The fourth-order valence-corrected chi connectivity index (χ4v) is 2.11. The summed E-state index contributed by atoms with van der Waals surface area (Å²) in [5.74, 6) is -0.202. The van der Waals surface area contributed by atoms with Crippen molar-refractivity contribution in [3.63, 3.8) is 0 Å². The van der Waals surface area contributed by atoms with E-state index in [1.54, 1.807) is 12.4 Å². The van der Waals surface area contributed by atoms with Gasteiger partial charge < -0.3 is 4.90 Å². The minimum Gasteiger partial charge on any atom is -0.318 e. The van der Waals surface area contributed by atoms with Crippen LogP contribution in [0, 0.1) is 0 Å². The number of hydrogen-bond acceptors (Lipinski definition) is 4. The lowest BCUT2D eigenvalue weighted by molar-refractivity contribution is -0.125. The van der Waals surface area contributed by atoms with Gasteiger partial charge in [-0.15, -0.1) is 11.3 Å². The molecule has 15 heavy (non-hydrogen) atoms. The van der Waals surface area contributed by atoms with Gasteiger partial charge >= 0.3 is 6.03 Å². The first kappa shape index (κ1) is 10.4. The summed E-state index contributed by atoms with van der Waals surface area (Å²) < 4.78 is 0.414. The van der Waals surface area contributed by atoms with Gasteiger partial charge in [-0.3, -0.25) is 9.69 Å². The molecule has 1 aromatic heterocycles. The predicted octanol–water partition coefficient (Wildman–Crippen LogP) is 1.19. The zero-order valence-electron chi connectivity index (χ0n) is 7.94. The molecule has 0 spiro atoms. The smallest absolute Gasteiger partial charge is 0.318 e. The molecule has 5 nitrogen and oxygen atoms in total. The minimum absolute atomic E-state index is 0.136. The number of hydrogen-bond donors (Lipinski definition) is 0. The highest BCUT2D eigenvalue weighted by Crippen LogP contribution is 2.18. The number of halogens is 1. The number of carbonyl (C=O) groups excluding carboxylic acids is 2. The van der Waals surface area contributed by atoms with Crippen molar-refractivity contribution in [2.75, 3.05) is 13.6 Å². The minimum atomic E-state index is -0.288. The lowest BCUT2D eigenvalue weighted by atomic mass is 10.4. The van der Waals surface area contributed by atoms with E-state index in [0.29, 0.717) is 10.2 Å². The molecule has 0 aromatic carbocycles. The van der Waals surface area contributed by atoms with E-state index >= 15 is 0 Å². The average molecular weight is 246 g/mol. The Morgan fingerprint density at radius 2 is 2.33 bits per heavy atom. The molecule has 1 fully saturated rings. The number of nitrogens with zero attached hydrogens (tertiary/aromatic N) is 3. The van der Waals surface area contributed by atoms with Crippen LogP contribution in [-0.2, 0) is 11.3 Å². The highest BCUT2D eigenvalue weighted by Gasteiger charge is 2.33. The lowest BCUT2D eigenvalue weighted by Crippen LogP contribution is -2.31. The molecular weight excluding hydrogens is 238 g/mol. The highest BCUT2D eigenvalue weighted by atomic mass is 35.5. The Kier molecular flexibility index (Phi) is 2.62. The van der Waals surface area contributed by atoms with Crippen molar-refractivity contribution in [2.45, 2.75) is 6.54 Å². The fourth-order valence-electron chi connectivity index (χ4n) is 1.34. The van der Waals surface area contributed by atoms with E-state index in [0.717, 1.165) is 0 Å². The van der Waals surface area contributed by atoms with Crippen LogP contribution in [0.3, 0.4) is 0 Å². The largest absolute Gasteiger partial charge is 0.327 e. The number of urea groups is 1. The molecular formula is C8H8ClN3O2S. The fraction of sp³-hybridized carbons (Fsp3) is 0.375. The molecule has 7 heteroatoms. The van der Waals surface area contributed by atoms with Gasteiger partial charge in [0.1, 0.15) is 6.54 Å². The van der Waals surface area contributed by atoms with E-state index in [1.807, 2.05) is 0 Å². The molecule has 80 valence electrons. The molecule has 0 aliphatic carbocycles. The Labute approximate surface area is 95.3 Å².